The van der Waals surface area contributed by atoms with E-state index >= 15 is 0 Å². The first-order valence-corrected chi connectivity index (χ1v) is 3.78. The Balaban J connectivity index is 4.14. The molecule has 0 saturated carbocycles. The molecule has 0 radical (unpaired) electrons. The maximum Gasteiger partial charge on any atom is 0.328 e. The topological polar surface area (TPSA) is 86.6 Å². The van der Waals surface area contributed by atoms with Crippen LogP contribution >= 0.6 is 11.6 Å². The fourth-order valence-electron chi connectivity index (χ4n) is 0.601. The molecule has 0 spiro atoms. The first-order chi connectivity index (χ1) is 5.49. The molecule has 1 amide bonds. The number of halogens is 1. The lowest BCUT2D eigenvalue weighted by atomic mass is 10.2. The second-order valence-electron chi connectivity index (χ2n) is 2.26. The van der Waals surface area contributed by atoms with Crippen molar-refractivity contribution in [2.75, 3.05) is 5.88 Å². The van der Waals surface area contributed by atoms with Gasteiger partial charge in [-0.25, -0.2) is 4.79 Å². The number of aliphatic hydroxyl groups is 1. The standard InChI is InChI=1S/C6H10ClNO4/c1-3(9)5(6(11)12)8-4(10)2-7/h3,5,9H,2H2,1H3,(H,8,10)(H,11,12)/t3-,5+/m1/s1. The highest BCUT2D eigenvalue weighted by molar-refractivity contribution is 6.27. The number of hydrogen-bond donors (Lipinski definition) is 3. The van der Waals surface area contributed by atoms with E-state index < -0.39 is 24.0 Å². The molecule has 12 heavy (non-hydrogen) atoms. The highest BCUT2D eigenvalue weighted by Gasteiger charge is 2.24. The molecule has 0 aliphatic heterocycles. The van der Waals surface area contributed by atoms with Crippen molar-refractivity contribution in [3.05, 3.63) is 0 Å². The molecule has 0 bridgehead atoms. The second kappa shape index (κ2) is 4.95. The van der Waals surface area contributed by atoms with E-state index in [1.807, 2.05) is 5.32 Å². The van der Waals surface area contributed by atoms with E-state index in [0.29, 0.717) is 0 Å². The van der Waals surface area contributed by atoms with Crippen LogP contribution in [-0.4, -0.2) is 40.1 Å². The van der Waals surface area contributed by atoms with E-state index in [2.05, 4.69) is 0 Å². The van der Waals surface area contributed by atoms with Crippen LogP contribution in [-0.2, 0) is 9.59 Å². The van der Waals surface area contributed by atoms with Crippen LogP contribution in [0, 0.1) is 0 Å². The van der Waals surface area contributed by atoms with Gasteiger partial charge in [0, 0.05) is 0 Å². The molecule has 0 aromatic heterocycles. The van der Waals surface area contributed by atoms with Crippen LogP contribution in [0.1, 0.15) is 6.92 Å². The summed E-state index contributed by atoms with van der Waals surface area (Å²) in [7, 11) is 0. The van der Waals surface area contributed by atoms with Gasteiger partial charge in [0.2, 0.25) is 5.91 Å². The fourth-order valence-corrected chi connectivity index (χ4v) is 0.678. The lowest BCUT2D eigenvalue weighted by Gasteiger charge is -2.15. The molecule has 5 nitrogen and oxygen atoms in total. The molecule has 0 aliphatic carbocycles. The highest BCUT2D eigenvalue weighted by Crippen LogP contribution is 1.93. The molecule has 0 aliphatic rings. The van der Waals surface area contributed by atoms with E-state index in [9.17, 15) is 9.59 Å². The zero-order valence-electron chi connectivity index (χ0n) is 6.45. The van der Waals surface area contributed by atoms with Gasteiger partial charge in [0.25, 0.3) is 0 Å². The molecule has 70 valence electrons. The zero-order chi connectivity index (χ0) is 9.72. The van der Waals surface area contributed by atoms with Crippen LogP contribution in [0.4, 0.5) is 0 Å². The van der Waals surface area contributed by atoms with Crippen LogP contribution in [0.3, 0.4) is 0 Å². The second-order valence-corrected chi connectivity index (χ2v) is 2.52. The quantitative estimate of drug-likeness (QED) is 0.512. The number of carbonyl (C=O) groups excluding carboxylic acids is 1. The van der Waals surface area contributed by atoms with Crippen molar-refractivity contribution in [3.8, 4) is 0 Å². The number of amides is 1. The Hall–Kier alpha value is -0.810. The van der Waals surface area contributed by atoms with Gasteiger partial charge in [-0.15, -0.1) is 11.6 Å². The van der Waals surface area contributed by atoms with Crippen molar-refractivity contribution < 1.29 is 19.8 Å². The molecule has 2 atom stereocenters. The summed E-state index contributed by atoms with van der Waals surface area (Å²) in [6.07, 6.45) is -1.14. The predicted molar refractivity (Wildman–Crippen MR) is 42.0 cm³/mol. The number of aliphatic carboxylic acids is 1. The summed E-state index contributed by atoms with van der Waals surface area (Å²) >= 11 is 5.12. The summed E-state index contributed by atoms with van der Waals surface area (Å²) in [6.45, 7) is 1.27. The Morgan fingerprint density at radius 1 is 1.58 bits per heavy atom. The normalized spacial score (nSPS) is 14.9. The van der Waals surface area contributed by atoms with Gasteiger partial charge in [-0.1, -0.05) is 0 Å². The van der Waals surface area contributed by atoms with E-state index in [1.54, 1.807) is 0 Å². The van der Waals surface area contributed by atoms with Crippen LogP contribution in [0.25, 0.3) is 0 Å². The molecule has 0 saturated heterocycles. The first-order valence-electron chi connectivity index (χ1n) is 3.25. The Morgan fingerprint density at radius 3 is 2.33 bits per heavy atom. The number of aliphatic hydroxyl groups excluding tert-OH is 1. The van der Waals surface area contributed by atoms with Gasteiger partial charge >= 0.3 is 5.97 Å². The third kappa shape index (κ3) is 3.54. The largest absolute Gasteiger partial charge is 0.480 e. The van der Waals surface area contributed by atoms with Crippen molar-refractivity contribution in [2.45, 2.75) is 19.1 Å². The first kappa shape index (κ1) is 11.2. The van der Waals surface area contributed by atoms with Gasteiger partial charge < -0.3 is 15.5 Å². The Kier molecular flexibility index (Phi) is 4.61. The van der Waals surface area contributed by atoms with Crippen LogP contribution < -0.4 is 5.32 Å². The van der Waals surface area contributed by atoms with Gasteiger partial charge in [0.05, 0.1) is 6.10 Å². The fraction of sp³-hybridized carbons (Fsp3) is 0.667. The Morgan fingerprint density at radius 2 is 2.08 bits per heavy atom. The molecule has 0 aromatic rings. The van der Waals surface area contributed by atoms with E-state index in [-0.39, 0.29) is 5.88 Å². The summed E-state index contributed by atoms with van der Waals surface area (Å²) in [6, 6.07) is -1.30. The van der Waals surface area contributed by atoms with E-state index in [4.69, 9.17) is 21.8 Å². The molecular weight excluding hydrogens is 186 g/mol. The SMILES string of the molecule is C[C@@H](O)[C@H](NC(=O)CCl)C(=O)O. The molecule has 0 unspecified atom stereocenters. The Labute approximate surface area is 74.3 Å². The van der Waals surface area contributed by atoms with Crippen LogP contribution in [0.2, 0.25) is 0 Å². The maximum atomic E-state index is 10.6. The summed E-state index contributed by atoms with van der Waals surface area (Å²) in [5.41, 5.74) is 0. The molecular formula is C6H10ClNO4. The number of hydrogen-bond acceptors (Lipinski definition) is 3. The van der Waals surface area contributed by atoms with Gasteiger partial charge in [-0.2, -0.15) is 0 Å². The van der Waals surface area contributed by atoms with Crippen LogP contribution in [0.5, 0.6) is 0 Å². The lowest BCUT2D eigenvalue weighted by molar-refractivity contribution is -0.144. The number of carbonyl (C=O) groups is 2. The van der Waals surface area contributed by atoms with Crippen molar-refractivity contribution >= 4 is 23.5 Å². The minimum atomic E-state index is -1.30. The molecule has 0 aromatic carbocycles. The summed E-state index contributed by atoms with van der Waals surface area (Å²) < 4.78 is 0. The summed E-state index contributed by atoms with van der Waals surface area (Å²) in [5, 5.41) is 19.4. The number of carboxylic acid groups (broad SMARTS) is 1. The number of carboxylic acids is 1. The summed E-state index contributed by atoms with van der Waals surface area (Å²) in [4.78, 5) is 21.0. The van der Waals surface area contributed by atoms with Crippen molar-refractivity contribution in [1.82, 2.24) is 5.32 Å². The number of nitrogens with one attached hydrogen (secondary N) is 1. The van der Waals surface area contributed by atoms with Crippen LogP contribution in [0.15, 0.2) is 0 Å². The van der Waals surface area contributed by atoms with Crippen molar-refractivity contribution in [1.29, 1.82) is 0 Å². The van der Waals surface area contributed by atoms with Gasteiger partial charge in [-0.05, 0) is 6.92 Å². The number of alkyl halides is 1. The lowest BCUT2D eigenvalue weighted by Crippen LogP contribution is -2.48. The maximum absolute atomic E-state index is 10.6. The zero-order valence-corrected chi connectivity index (χ0v) is 7.21. The molecule has 0 heterocycles. The average molecular weight is 196 g/mol. The van der Waals surface area contributed by atoms with E-state index in [0.717, 1.165) is 0 Å². The minimum Gasteiger partial charge on any atom is -0.480 e. The Bertz CT molecular complexity index is 182. The smallest absolute Gasteiger partial charge is 0.328 e. The summed E-state index contributed by atoms with van der Waals surface area (Å²) in [5.74, 6) is -2.23. The number of rotatable bonds is 4. The minimum absolute atomic E-state index is 0.323. The molecule has 3 N–H and O–H groups in total. The van der Waals surface area contributed by atoms with Gasteiger partial charge in [0.1, 0.15) is 5.88 Å². The monoisotopic (exact) mass is 195 g/mol. The third-order valence-electron chi connectivity index (χ3n) is 1.19. The molecule has 6 heteroatoms. The average Bonchev–Trinajstić information content (AvgIpc) is 1.98. The third-order valence-corrected chi connectivity index (χ3v) is 1.43. The van der Waals surface area contributed by atoms with Gasteiger partial charge in [-0.3, -0.25) is 4.79 Å². The van der Waals surface area contributed by atoms with E-state index in [1.165, 1.54) is 6.92 Å². The van der Waals surface area contributed by atoms with Gasteiger partial charge in [0.15, 0.2) is 6.04 Å². The molecule has 0 fully saturated rings. The van der Waals surface area contributed by atoms with Crippen molar-refractivity contribution in [2.24, 2.45) is 0 Å². The highest BCUT2D eigenvalue weighted by atomic mass is 35.5. The predicted octanol–water partition coefficient (Wildman–Crippen LogP) is -0.825. The van der Waals surface area contributed by atoms with Crippen molar-refractivity contribution in [3.63, 3.8) is 0 Å². The molecule has 0 rings (SSSR count).